The van der Waals surface area contributed by atoms with Gasteiger partial charge in [-0.05, 0) is 43.9 Å². The van der Waals surface area contributed by atoms with Crippen molar-refractivity contribution in [1.29, 1.82) is 0 Å². The van der Waals surface area contributed by atoms with Crippen molar-refractivity contribution in [3.63, 3.8) is 0 Å². The van der Waals surface area contributed by atoms with Gasteiger partial charge in [0.05, 0.1) is 23.4 Å². The van der Waals surface area contributed by atoms with Crippen LogP contribution in [0, 0.1) is 0 Å². The average molecular weight is 387 g/mol. The molecular weight excluding hydrogens is 363 g/mol. The van der Waals surface area contributed by atoms with Gasteiger partial charge in [-0.2, -0.15) is 0 Å². The largest absolute Gasteiger partial charge is 0.378 e. The van der Waals surface area contributed by atoms with Crippen molar-refractivity contribution in [2.75, 3.05) is 25.0 Å². The van der Waals surface area contributed by atoms with Crippen molar-refractivity contribution in [3.05, 3.63) is 28.2 Å². The maximum atomic E-state index is 12.4. The lowest BCUT2D eigenvalue weighted by Gasteiger charge is -2.22. The first-order valence-electron chi connectivity index (χ1n) is 8.64. The van der Waals surface area contributed by atoms with Crippen molar-refractivity contribution >= 4 is 40.7 Å². The molecule has 138 valence electrons. The summed E-state index contributed by atoms with van der Waals surface area (Å²) in [7, 11) is 0. The molecule has 2 rings (SSSR count). The lowest BCUT2D eigenvalue weighted by molar-refractivity contribution is -0.135. The lowest BCUT2D eigenvalue weighted by Crippen LogP contribution is -2.38. The third kappa shape index (κ3) is 6.49. The predicted molar refractivity (Wildman–Crippen MR) is 100 cm³/mol. The van der Waals surface area contributed by atoms with Crippen LogP contribution in [0.5, 0.6) is 0 Å². The number of carbonyl (C=O) groups excluding carboxylic acids is 2. The molecule has 25 heavy (non-hydrogen) atoms. The Morgan fingerprint density at radius 2 is 2.16 bits per heavy atom. The molecule has 0 aliphatic carbocycles. The minimum Gasteiger partial charge on any atom is -0.378 e. The average Bonchev–Trinajstić information content (AvgIpc) is 3.09. The van der Waals surface area contributed by atoms with Crippen LogP contribution in [0.1, 0.15) is 39.0 Å². The van der Waals surface area contributed by atoms with Crippen molar-refractivity contribution in [2.24, 2.45) is 0 Å². The van der Waals surface area contributed by atoms with Gasteiger partial charge in [0.25, 0.3) is 0 Å². The van der Waals surface area contributed by atoms with E-state index < -0.39 is 0 Å². The van der Waals surface area contributed by atoms with Crippen LogP contribution >= 0.6 is 23.2 Å². The number of benzene rings is 1. The van der Waals surface area contributed by atoms with Gasteiger partial charge >= 0.3 is 0 Å². The molecule has 0 bridgehead atoms. The Kier molecular flexibility index (Phi) is 8.00. The summed E-state index contributed by atoms with van der Waals surface area (Å²) in [5, 5.41) is 3.61. The number of ether oxygens (including phenoxy) is 1. The van der Waals surface area contributed by atoms with Crippen LogP contribution in [0.25, 0.3) is 0 Å². The molecule has 1 unspecified atom stereocenters. The fraction of sp³-hybridized carbons (Fsp3) is 0.556. The first-order valence-corrected chi connectivity index (χ1v) is 9.39. The first kappa shape index (κ1) is 20.0. The number of amides is 2. The van der Waals surface area contributed by atoms with E-state index in [1.807, 2.05) is 6.92 Å². The van der Waals surface area contributed by atoms with Crippen LogP contribution in [0.2, 0.25) is 10.0 Å². The minimum absolute atomic E-state index is 0.00103. The molecule has 1 saturated heterocycles. The third-order valence-electron chi connectivity index (χ3n) is 4.09. The number of nitrogens with one attached hydrogen (secondary N) is 1. The van der Waals surface area contributed by atoms with Crippen molar-refractivity contribution in [1.82, 2.24) is 4.90 Å². The van der Waals surface area contributed by atoms with Gasteiger partial charge in [0.1, 0.15) is 0 Å². The molecule has 5 nitrogen and oxygen atoms in total. The molecule has 0 spiro atoms. The molecule has 2 amide bonds. The fourth-order valence-corrected chi connectivity index (χ4v) is 3.17. The molecule has 0 radical (unpaired) electrons. The maximum absolute atomic E-state index is 12.4. The molecule has 1 aliphatic heterocycles. The van der Waals surface area contributed by atoms with Crippen LogP contribution in [0.15, 0.2) is 18.2 Å². The standard InChI is InChI=1S/C18H24Cl2N2O3/c1-2-9-22(18(24)8-6-14-4-3-10-25-14)12-17(23)21-16-11-13(19)5-7-15(16)20/h5,7,11,14H,2-4,6,8-10,12H2,1H3,(H,21,23). The van der Waals surface area contributed by atoms with Crippen LogP contribution in [-0.4, -0.2) is 42.5 Å². The number of anilines is 1. The number of nitrogens with zero attached hydrogens (tertiary/aromatic N) is 1. The molecule has 1 N–H and O–H groups in total. The van der Waals surface area contributed by atoms with Crippen molar-refractivity contribution in [2.45, 2.75) is 45.1 Å². The Balaban J connectivity index is 1.89. The summed E-state index contributed by atoms with van der Waals surface area (Å²) in [6.07, 6.45) is 4.13. The minimum atomic E-state index is -0.289. The van der Waals surface area contributed by atoms with Crippen molar-refractivity contribution in [3.8, 4) is 0 Å². The highest BCUT2D eigenvalue weighted by molar-refractivity contribution is 6.35. The van der Waals surface area contributed by atoms with E-state index in [9.17, 15) is 9.59 Å². The van der Waals surface area contributed by atoms with Gasteiger partial charge in [0.2, 0.25) is 11.8 Å². The third-order valence-corrected chi connectivity index (χ3v) is 4.65. The topological polar surface area (TPSA) is 58.6 Å². The molecule has 0 saturated carbocycles. The zero-order valence-corrected chi connectivity index (χ0v) is 15.9. The highest BCUT2D eigenvalue weighted by atomic mass is 35.5. The number of carbonyl (C=O) groups is 2. The van der Waals surface area contributed by atoms with Gasteiger partial charge in [-0.25, -0.2) is 0 Å². The van der Waals surface area contributed by atoms with Gasteiger partial charge in [0, 0.05) is 24.6 Å². The number of hydrogen-bond donors (Lipinski definition) is 1. The Morgan fingerprint density at radius 3 is 2.84 bits per heavy atom. The number of halogens is 2. The zero-order chi connectivity index (χ0) is 18.2. The number of rotatable bonds is 8. The molecule has 1 aromatic rings. The second-order valence-electron chi connectivity index (χ2n) is 6.16. The van der Waals surface area contributed by atoms with Crippen LogP contribution in [-0.2, 0) is 14.3 Å². The molecule has 1 heterocycles. The van der Waals surface area contributed by atoms with Gasteiger partial charge in [-0.3, -0.25) is 9.59 Å². The van der Waals surface area contributed by atoms with Crippen LogP contribution < -0.4 is 5.32 Å². The fourth-order valence-electron chi connectivity index (χ4n) is 2.83. The van der Waals surface area contributed by atoms with Gasteiger partial charge < -0.3 is 15.0 Å². The van der Waals surface area contributed by atoms with Crippen LogP contribution in [0.3, 0.4) is 0 Å². The molecule has 7 heteroatoms. The SMILES string of the molecule is CCCN(CC(=O)Nc1cc(Cl)ccc1Cl)C(=O)CCC1CCCO1. The molecule has 1 aliphatic rings. The molecule has 0 aromatic heterocycles. The first-order chi connectivity index (χ1) is 12.0. The van der Waals surface area contributed by atoms with Gasteiger partial charge in [0.15, 0.2) is 0 Å². The quantitative estimate of drug-likeness (QED) is 0.730. The Morgan fingerprint density at radius 1 is 1.36 bits per heavy atom. The van der Waals surface area contributed by atoms with E-state index in [1.165, 1.54) is 0 Å². The van der Waals surface area contributed by atoms with E-state index in [0.29, 0.717) is 35.1 Å². The van der Waals surface area contributed by atoms with E-state index in [0.717, 1.165) is 25.9 Å². The molecule has 1 atom stereocenters. The summed E-state index contributed by atoms with van der Waals surface area (Å²) >= 11 is 12.0. The smallest absolute Gasteiger partial charge is 0.244 e. The second-order valence-corrected chi connectivity index (χ2v) is 7.00. The normalized spacial score (nSPS) is 16.7. The lowest BCUT2D eigenvalue weighted by atomic mass is 10.1. The molecular formula is C18H24Cl2N2O3. The van der Waals surface area contributed by atoms with E-state index >= 15 is 0 Å². The second kappa shape index (κ2) is 10.00. The Labute approximate surface area is 158 Å². The highest BCUT2D eigenvalue weighted by Gasteiger charge is 2.21. The number of hydrogen-bond acceptors (Lipinski definition) is 3. The van der Waals surface area contributed by atoms with E-state index in [4.69, 9.17) is 27.9 Å². The van der Waals surface area contributed by atoms with E-state index in [-0.39, 0.29) is 24.5 Å². The summed E-state index contributed by atoms with van der Waals surface area (Å²) in [4.78, 5) is 26.3. The Hall–Kier alpha value is -1.30. The maximum Gasteiger partial charge on any atom is 0.244 e. The summed E-state index contributed by atoms with van der Waals surface area (Å²) in [5.74, 6) is -0.312. The summed E-state index contributed by atoms with van der Waals surface area (Å²) in [5.41, 5.74) is 0.447. The highest BCUT2D eigenvalue weighted by Crippen LogP contribution is 2.25. The van der Waals surface area contributed by atoms with E-state index in [1.54, 1.807) is 23.1 Å². The zero-order valence-electron chi connectivity index (χ0n) is 14.4. The van der Waals surface area contributed by atoms with Crippen molar-refractivity contribution < 1.29 is 14.3 Å². The molecule has 1 fully saturated rings. The summed E-state index contributed by atoms with van der Waals surface area (Å²) in [6, 6.07) is 4.86. The Bertz CT molecular complexity index is 604. The van der Waals surface area contributed by atoms with E-state index in [2.05, 4.69) is 5.32 Å². The summed E-state index contributed by atoms with van der Waals surface area (Å²) < 4.78 is 5.55. The summed E-state index contributed by atoms with van der Waals surface area (Å²) in [6.45, 7) is 3.30. The van der Waals surface area contributed by atoms with Gasteiger partial charge in [-0.1, -0.05) is 30.1 Å². The monoisotopic (exact) mass is 386 g/mol. The molecule has 1 aromatic carbocycles. The van der Waals surface area contributed by atoms with Crippen LogP contribution in [0.4, 0.5) is 5.69 Å². The van der Waals surface area contributed by atoms with Gasteiger partial charge in [-0.15, -0.1) is 0 Å². The predicted octanol–water partition coefficient (Wildman–Crippen LogP) is 4.13.